The fourth-order valence-corrected chi connectivity index (χ4v) is 3.94. The number of amides is 4. The lowest BCUT2D eigenvalue weighted by Gasteiger charge is -2.24. The van der Waals surface area contributed by atoms with Gasteiger partial charge >= 0.3 is 12.1 Å². The average Bonchev–Trinajstić information content (AvgIpc) is 3.39. The molecule has 1 aliphatic rings. The zero-order chi connectivity index (χ0) is 25.6. The van der Waals surface area contributed by atoms with E-state index in [1.807, 2.05) is 6.92 Å². The first-order valence-electron chi connectivity index (χ1n) is 12.3. The third kappa shape index (κ3) is 9.42. The van der Waals surface area contributed by atoms with Crippen molar-refractivity contribution in [2.24, 2.45) is 0 Å². The van der Waals surface area contributed by atoms with Gasteiger partial charge in [-0.25, -0.2) is 9.59 Å². The van der Waals surface area contributed by atoms with E-state index < -0.39 is 17.1 Å². The summed E-state index contributed by atoms with van der Waals surface area (Å²) in [7, 11) is 0. The molecule has 194 valence electrons. The normalized spacial score (nSPS) is 14.6. The van der Waals surface area contributed by atoms with Crippen molar-refractivity contribution < 1.29 is 24.0 Å². The Morgan fingerprint density at radius 2 is 1.80 bits per heavy atom. The highest BCUT2D eigenvalue weighted by molar-refractivity contribution is 5.85. The summed E-state index contributed by atoms with van der Waals surface area (Å²) in [5.41, 5.74) is 0.452. The van der Waals surface area contributed by atoms with Gasteiger partial charge in [-0.05, 0) is 38.5 Å². The lowest BCUT2D eigenvalue weighted by atomic mass is 10.0. The summed E-state index contributed by atoms with van der Waals surface area (Å²) in [4.78, 5) is 49.6. The maximum absolute atomic E-state index is 13.0. The number of hydrogen-bond acceptors (Lipinski definition) is 6. The molecule has 4 amide bonds. The molecule has 1 saturated heterocycles. The first-order valence-corrected chi connectivity index (χ1v) is 12.3. The van der Waals surface area contributed by atoms with Crippen LogP contribution >= 0.6 is 0 Å². The molecule has 3 N–H and O–H groups in total. The van der Waals surface area contributed by atoms with Crippen LogP contribution in [0.1, 0.15) is 63.9 Å². The molecule has 0 aliphatic carbocycles. The highest BCUT2D eigenvalue weighted by atomic mass is 16.6. The van der Waals surface area contributed by atoms with Gasteiger partial charge in [-0.1, -0.05) is 32.0 Å². The van der Waals surface area contributed by atoms with E-state index in [0.29, 0.717) is 51.0 Å². The average molecular weight is 492 g/mol. The number of nitrogens with one attached hydrogen (secondary N) is 3. The maximum Gasteiger partial charge on any atom is 0.407 e. The minimum absolute atomic E-state index is 0.0249. The lowest BCUT2D eigenvalue weighted by Crippen LogP contribution is -2.48. The van der Waals surface area contributed by atoms with E-state index in [1.165, 1.54) is 6.07 Å². The number of likely N-dealkylation sites (tertiary alicyclic amines) is 1. The van der Waals surface area contributed by atoms with Crippen LogP contribution in [0.25, 0.3) is 0 Å². The number of alkyl carbamates (subject to hydrolysis) is 1. The quantitative estimate of drug-likeness (QED) is 0.219. The molecule has 1 fully saturated rings. The van der Waals surface area contributed by atoms with Gasteiger partial charge in [0, 0.05) is 43.7 Å². The number of urea groups is 1. The predicted octanol–water partition coefficient (Wildman–Crippen LogP) is 3.30. The number of unbranched alkanes of at least 4 members (excludes halogenated alkanes) is 1. The summed E-state index contributed by atoms with van der Waals surface area (Å²) in [6.07, 6.45) is 3.71. The molecular weight excluding hydrogens is 454 g/mol. The number of carbonyl (C=O) groups is 3. The Bertz CT molecular complexity index is 859. The van der Waals surface area contributed by atoms with Crippen molar-refractivity contribution in [1.29, 1.82) is 0 Å². The first-order chi connectivity index (χ1) is 16.8. The van der Waals surface area contributed by atoms with E-state index in [4.69, 9.17) is 4.74 Å². The molecule has 1 aromatic rings. The van der Waals surface area contributed by atoms with Gasteiger partial charge in [0.15, 0.2) is 0 Å². The van der Waals surface area contributed by atoms with Crippen LogP contribution in [0.2, 0.25) is 0 Å². The fraction of sp³-hybridized carbons (Fsp3) is 0.625. The molecular formula is C24H37N5O6. The molecule has 2 rings (SSSR count). The van der Waals surface area contributed by atoms with Crippen LogP contribution in [0, 0.1) is 10.1 Å². The molecule has 1 aromatic carbocycles. The molecule has 35 heavy (non-hydrogen) atoms. The number of carbonyl (C=O) groups excluding carboxylic acids is 3. The van der Waals surface area contributed by atoms with Crippen molar-refractivity contribution in [3.63, 3.8) is 0 Å². The predicted molar refractivity (Wildman–Crippen MR) is 131 cm³/mol. The van der Waals surface area contributed by atoms with Crippen molar-refractivity contribution in [2.75, 3.05) is 32.8 Å². The van der Waals surface area contributed by atoms with Gasteiger partial charge in [0.25, 0.3) is 5.69 Å². The highest BCUT2D eigenvalue weighted by Crippen LogP contribution is 2.26. The molecule has 0 radical (unpaired) electrons. The Morgan fingerprint density at radius 3 is 2.49 bits per heavy atom. The molecule has 1 aliphatic heterocycles. The van der Waals surface area contributed by atoms with Gasteiger partial charge < -0.3 is 25.6 Å². The first kappa shape index (κ1) is 27.9. The lowest BCUT2D eigenvalue weighted by molar-refractivity contribution is -0.385. The maximum atomic E-state index is 13.0. The number of nitrogens with zero attached hydrogens (tertiary/aromatic N) is 2. The Balaban J connectivity index is 1.86. The largest absolute Gasteiger partial charge is 0.449 e. The molecule has 2 atom stereocenters. The Labute approximate surface area is 206 Å². The zero-order valence-electron chi connectivity index (χ0n) is 20.6. The summed E-state index contributed by atoms with van der Waals surface area (Å²) in [5, 5.41) is 19.4. The summed E-state index contributed by atoms with van der Waals surface area (Å²) in [6.45, 7) is 6.07. The number of benzene rings is 1. The highest BCUT2D eigenvalue weighted by Gasteiger charge is 2.28. The molecule has 0 spiro atoms. The Morgan fingerprint density at radius 1 is 1.11 bits per heavy atom. The van der Waals surface area contributed by atoms with Crippen molar-refractivity contribution in [3.8, 4) is 0 Å². The minimum Gasteiger partial charge on any atom is -0.449 e. The number of nitro benzene ring substituents is 1. The van der Waals surface area contributed by atoms with E-state index in [2.05, 4.69) is 16.0 Å². The molecule has 11 heteroatoms. The number of ether oxygens (including phenoxy) is 1. The van der Waals surface area contributed by atoms with Crippen LogP contribution in [-0.2, 0) is 9.53 Å². The van der Waals surface area contributed by atoms with E-state index in [-0.39, 0.29) is 30.2 Å². The van der Waals surface area contributed by atoms with E-state index in [1.54, 1.807) is 30.0 Å². The molecule has 1 unspecified atom stereocenters. The van der Waals surface area contributed by atoms with Crippen molar-refractivity contribution >= 4 is 23.7 Å². The van der Waals surface area contributed by atoms with Gasteiger partial charge in [0.05, 0.1) is 4.92 Å². The second kappa shape index (κ2) is 14.8. The number of para-hydroxylation sites is 1. The van der Waals surface area contributed by atoms with Crippen LogP contribution in [0.15, 0.2) is 24.3 Å². The van der Waals surface area contributed by atoms with Gasteiger partial charge in [-0.3, -0.25) is 14.9 Å². The third-order valence-electron chi connectivity index (χ3n) is 5.88. The summed E-state index contributed by atoms with van der Waals surface area (Å²) < 4.78 is 5.32. The summed E-state index contributed by atoms with van der Waals surface area (Å²) >= 11 is 0. The van der Waals surface area contributed by atoms with E-state index in [9.17, 15) is 24.5 Å². The van der Waals surface area contributed by atoms with Crippen molar-refractivity contribution in [3.05, 3.63) is 39.9 Å². The van der Waals surface area contributed by atoms with E-state index >= 15 is 0 Å². The van der Waals surface area contributed by atoms with Crippen molar-refractivity contribution in [1.82, 2.24) is 20.9 Å². The molecule has 11 nitrogen and oxygen atoms in total. The number of rotatable bonds is 13. The SMILES string of the molecule is CCCNC(=O)NCCCC[C@H](NC(=O)OCC(C)c1ccccc1[N+](=O)[O-])C(=O)N1CCCC1. The standard InChI is InChI=1S/C24H37N5O6/c1-3-13-25-23(31)26-14-7-6-11-20(22(30)28-15-8-9-16-28)27-24(32)35-17-18(2)19-10-4-5-12-21(19)29(33)34/h4-5,10,12,18,20H,3,6-9,11,13-17H2,1-2H3,(H,27,32)(H2,25,26,31)/t18?,20-/m0/s1. The van der Waals surface area contributed by atoms with Crippen LogP contribution in [0.4, 0.5) is 15.3 Å². The van der Waals surface area contributed by atoms with Crippen LogP contribution in [0.5, 0.6) is 0 Å². The third-order valence-corrected chi connectivity index (χ3v) is 5.88. The number of nitro groups is 1. The summed E-state index contributed by atoms with van der Waals surface area (Å²) in [6, 6.07) is 5.40. The smallest absolute Gasteiger partial charge is 0.407 e. The number of hydrogen-bond donors (Lipinski definition) is 3. The van der Waals surface area contributed by atoms with Crippen LogP contribution < -0.4 is 16.0 Å². The topological polar surface area (TPSA) is 143 Å². The minimum atomic E-state index is -0.731. The van der Waals surface area contributed by atoms with Gasteiger partial charge in [0.1, 0.15) is 12.6 Å². The molecule has 0 bridgehead atoms. The van der Waals surface area contributed by atoms with Gasteiger partial charge in [-0.15, -0.1) is 0 Å². The Hall–Kier alpha value is -3.37. The van der Waals surface area contributed by atoms with Gasteiger partial charge in [-0.2, -0.15) is 0 Å². The monoisotopic (exact) mass is 491 g/mol. The molecule has 1 heterocycles. The summed E-state index contributed by atoms with van der Waals surface area (Å²) in [5.74, 6) is -0.528. The van der Waals surface area contributed by atoms with Crippen molar-refractivity contribution in [2.45, 2.75) is 64.3 Å². The second-order valence-electron chi connectivity index (χ2n) is 8.72. The zero-order valence-corrected chi connectivity index (χ0v) is 20.6. The molecule has 0 saturated carbocycles. The Kier molecular flexibility index (Phi) is 11.8. The molecule has 0 aromatic heterocycles. The van der Waals surface area contributed by atoms with E-state index in [0.717, 1.165) is 19.3 Å². The second-order valence-corrected chi connectivity index (χ2v) is 8.72. The fourth-order valence-electron chi connectivity index (χ4n) is 3.94. The van der Waals surface area contributed by atoms with Crippen LogP contribution in [-0.4, -0.2) is 66.7 Å². The van der Waals surface area contributed by atoms with Crippen LogP contribution in [0.3, 0.4) is 0 Å². The van der Waals surface area contributed by atoms with Gasteiger partial charge in [0.2, 0.25) is 5.91 Å².